The van der Waals surface area contributed by atoms with E-state index in [1.807, 2.05) is 20.8 Å². The van der Waals surface area contributed by atoms with Gasteiger partial charge in [-0.1, -0.05) is 19.1 Å². The molecule has 0 saturated heterocycles. The molecule has 1 amide bonds. The van der Waals surface area contributed by atoms with Crippen molar-refractivity contribution in [3.05, 3.63) is 23.5 Å². The van der Waals surface area contributed by atoms with Crippen molar-refractivity contribution in [1.82, 2.24) is 24.9 Å². The molecule has 10 heteroatoms. The molecule has 0 radical (unpaired) electrons. The fourth-order valence-corrected chi connectivity index (χ4v) is 3.72. The number of ether oxygens (including phenoxy) is 2. The molecule has 2 heterocycles. The molecule has 1 aliphatic carbocycles. The van der Waals surface area contributed by atoms with Crippen molar-refractivity contribution >= 4 is 12.1 Å². The highest BCUT2D eigenvalue weighted by Gasteiger charge is 2.37. The highest BCUT2D eigenvalue weighted by Crippen LogP contribution is 2.35. The average Bonchev–Trinajstić information content (AvgIpc) is 3.05. The smallest absolute Gasteiger partial charge is 0.409 e. The molecule has 1 fully saturated rings. The van der Waals surface area contributed by atoms with E-state index in [9.17, 15) is 14.7 Å². The van der Waals surface area contributed by atoms with Crippen LogP contribution in [0.5, 0.6) is 5.75 Å². The molecule has 3 rings (SSSR count). The van der Waals surface area contributed by atoms with E-state index in [0.29, 0.717) is 54.0 Å². The number of hydrogen-bond donors (Lipinski definition) is 1. The molecule has 0 aliphatic heterocycles. The number of hydrogen-bond acceptors (Lipinski definition) is 7. The van der Waals surface area contributed by atoms with Crippen molar-refractivity contribution in [1.29, 1.82) is 0 Å². The Bertz CT molecular complexity index is 974. The second-order valence-corrected chi connectivity index (χ2v) is 8.71. The average molecular weight is 446 g/mol. The number of carboxylic acids is 1. The molecule has 0 bridgehead atoms. The number of carbonyl (C=O) groups excluding carboxylic acids is 1. The summed E-state index contributed by atoms with van der Waals surface area (Å²) in [4.78, 5) is 29.5. The molecule has 1 aliphatic rings. The lowest BCUT2D eigenvalue weighted by molar-refractivity contribution is -0.148. The third-order valence-electron chi connectivity index (χ3n) is 5.69. The van der Waals surface area contributed by atoms with Gasteiger partial charge in [-0.2, -0.15) is 0 Å². The Hall–Kier alpha value is -3.17. The molecule has 174 valence electrons. The third kappa shape index (κ3) is 5.35. The van der Waals surface area contributed by atoms with E-state index in [1.165, 1.54) is 0 Å². The van der Waals surface area contributed by atoms with E-state index in [2.05, 4.69) is 15.3 Å². The molecule has 0 unspecified atom stereocenters. The summed E-state index contributed by atoms with van der Waals surface area (Å²) in [7, 11) is 3.44. The molecule has 2 aromatic rings. The molecule has 2 atom stereocenters. The highest BCUT2D eigenvalue weighted by atomic mass is 16.6. The van der Waals surface area contributed by atoms with Crippen molar-refractivity contribution in [2.45, 2.75) is 40.2 Å². The predicted molar refractivity (Wildman–Crippen MR) is 116 cm³/mol. The van der Waals surface area contributed by atoms with Crippen molar-refractivity contribution in [2.24, 2.45) is 24.8 Å². The lowest BCUT2D eigenvalue weighted by Crippen LogP contribution is -2.36. The third-order valence-corrected chi connectivity index (χ3v) is 5.69. The second kappa shape index (κ2) is 9.97. The van der Waals surface area contributed by atoms with E-state index in [-0.39, 0.29) is 18.4 Å². The molecule has 1 N–H and O–H groups in total. The molecule has 10 nitrogen and oxygen atoms in total. The quantitative estimate of drug-likeness (QED) is 0.626. The van der Waals surface area contributed by atoms with Crippen LogP contribution in [0.3, 0.4) is 0 Å². The van der Waals surface area contributed by atoms with Crippen molar-refractivity contribution in [2.75, 3.05) is 20.2 Å². The first kappa shape index (κ1) is 23.5. The van der Waals surface area contributed by atoms with Crippen molar-refractivity contribution < 1.29 is 24.2 Å². The molecule has 2 aromatic heterocycles. The monoisotopic (exact) mass is 445 g/mol. The van der Waals surface area contributed by atoms with Crippen molar-refractivity contribution in [3.8, 4) is 17.1 Å². The van der Waals surface area contributed by atoms with Crippen LogP contribution in [0.1, 0.15) is 38.1 Å². The van der Waals surface area contributed by atoms with Crippen LogP contribution in [0.15, 0.2) is 12.1 Å². The van der Waals surface area contributed by atoms with Gasteiger partial charge in [-0.25, -0.2) is 14.5 Å². The zero-order valence-corrected chi connectivity index (χ0v) is 19.2. The minimum atomic E-state index is -0.763. The number of carbonyl (C=O) groups is 2. The summed E-state index contributed by atoms with van der Waals surface area (Å²) in [5, 5.41) is 17.4. The van der Waals surface area contributed by atoms with E-state index < -0.39 is 12.1 Å². The minimum absolute atomic E-state index is 0.0251. The van der Waals surface area contributed by atoms with Gasteiger partial charge in [0, 0.05) is 26.6 Å². The van der Waals surface area contributed by atoms with Crippen LogP contribution >= 0.6 is 0 Å². The van der Waals surface area contributed by atoms with Gasteiger partial charge in [0.2, 0.25) is 0 Å². The summed E-state index contributed by atoms with van der Waals surface area (Å²) < 4.78 is 12.9. The van der Waals surface area contributed by atoms with Crippen molar-refractivity contribution in [3.63, 3.8) is 0 Å². The molecular formula is C22H31N5O5. The first-order chi connectivity index (χ1) is 15.2. The Morgan fingerprint density at radius 1 is 1.31 bits per heavy atom. The minimum Gasteiger partial charge on any atom is -0.491 e. The van der Waals surface area contributed by atoms with Crippen LogP contribution < -0.4 is 4.74 Å². The zero-order valence-electron chi connectivity index (χ0n) is 19.2. The normalized spacial score (nSPS) is 17.7. The van der Waals surface area contributed by atoms with Gasteiger partial charge in [0.25, 0.3) is 0 Å². The van der Waals surface area contributed by atoms with Gasteiger partial charge in [0.05, 0.1) is 23.9 Å². The number of aryl methyl sites for hydroxylation is 2. The van der Waals surface area contributed by atoms with Crippen LogP contribution in [-0.2, 0) is 23.2 Å². The van der Waals surface area contributed by atoms with Gasteiger partial charge < -0.3 is 19.5 Å². The van der Waals surface area contributed by atoms with Gasteiger partial charge in [0.15, 0.2) is 0 Å². The highest BCUT2D eigenvalue weighted by molar-refractivity contribution is 5.71. The van der Waals surface area contributed by atoms with Gasteiger partial charge in [0.1, 0.15) is 23.7 Å². The standard InChI is InChI=1S/C22H31N5O5/c1-13(2)10-26(4)22(30)32-12-18-20(24-25-27(18)5)17-8-9-19(14(3)23-17)31-11-15-6-7-16(15)21(28)29/h8-9,13,15-16H,6-7,10-12H2,1-5H3,(H,28,29)/t15-,16+/m0/s1. The van der Waals surface area contributed by atoms with Crippen LogP contribution in [0.25, 0.3) is 11.4 Å². The van der Waals surface area contributed by atoms with Crippen LogP contribution in [0, 0.1) is 24.7 Å². The van der Waals surface area contributed by atoms with Crippen LogP contribution in [-0.4, -0.2) is 62.2 Å². The molecule has 32 heavy (non-hydrogen) atoms. The van der Waals surface area contributed by atoms with E-state index >= 15 is 0 Å². The zero-order chi connectivity index (χ0) is 23.4. The second-order valence-electron chi connectivity index (χ2n) is 8.71. The molecular weight excluding hydrogens is 414 g/mol. The maximum Gasteiger partial charge on any atom is 0.409 e. The number of rotatable bonds is 9. The maximum absolute atomic E-state index is 12.2. The van der Waals surface area contributed by atoms with Crippen LogP contribution in [0.4, 0.5) is 4.79 Å². The first-order valence-electron chi connectivity index (χ1n) is 10.8. The van der Waals surface area contributed by atoms with Crippen LogP contribution in [0.2, 0.25) is 0 Å². The van der Waals surface area contributed by atoms with Gasteiger partial charge in [-0.15, -0.1) is 5.10 Å². The Morgan fingerprint density at radius 2 is 2.06 bits per heavy atom. The summed E-state index contributed by atoms with van der Waals surface area (Å²) in [5.74, 6) is -0.111. The predicted octanol–water partition coefficient (Wildman–Crippen LogP) is 2.90. The fraction of sp³-hybridized carbons (Fsp3) is 0.591. The van der Waals surface area contributed by atoms with E-state index in [0.717, 1.165) is 6.42 Å². The SMILES string of the molecule is Cc1nc(-c2nnn(C)c2COC(=O)N(C)CC(C)C)ccc1OC[C@@H]1CC[C@H]1C(=O)O. The number of nitrogens with zero attached hydrogens (tertiary/aromatic N) is 5. The topological polar surface area (TPSA) is 120 Å². The summed E-state index contributed by atoms with van der Waals surface area (Å²) in [5.41, 5.74) is 2.43. The van der Waals surface area contributed by atoms with E-state index in [1.54, 1.807) is 35.8 Å². The fourth-order valence-electron chi connectivity index (χ4n) is 3.72. The molecule has 1 saturated carbocycles. The number of carboxylic acid groups (broad SMARTS) is 1. The number of aromatic nitrogens is 4. The van der Waals surface area contributed by atoms with Gasteiger partial charge in [-0.3, -0.25) is 4.79 Å². The molecule has 0 spiro atoms. The van der Waals surface area contributed by atoms with E-state index in [4.69, 9.17) is 9.47 Å². The maximum atomic E-state index is 12.2. The lowest BCUT2D eigenvalue weighted by atomic mass is 9.74. The number of aliphatic carboxylic acids is 1. The molecule has 0 aromatic carbocycles. The van der Waals surface area contributed by atoms with Gasteiger partial charge >= 0.3 is 12.1 Å². The Morgan fingerprint density at radius 3 is 2.66 bits per heavy atom. The largest absolute Gasteiger partial charge is 0.491 e. The first-order valence-corrected chi connectivity index (χ1v) is 10.8. The van der Waals surface area contributed by atoms with Gasteiger partial charge in [-0.05, 0) is 37.8 Å². The lowest BCUT2D eigenvalue weighted by Gasteiger charge is -2.33. The number of pyridine rings is 1. The summed E-state index contributed by atoms with van der Waals surface area (Å²) in [6.45, 7) is 6.87. The summed E-state index contributed by atoms with van der Waals surface area (Å²) in [6, 6.07) is 3.57. The Balaban J connectivity index is 1.66. The number of amides is 1. The summed E-state index contributed by atoms with van der Waals surface area (Å²) in [6.07, 6.45) is 1.15. The summed E-state index contributed by atoms with van der Waals surface area (Å²) >= 11 is 0. The Kier molecular flexibility index (Phi) is 7.32. The Labute approximate surface area is 187 Å².